The third kappa shape index (κ3) is 5.77. The molecule has 8 nitrogen and oxygen atoms in total. The lowest BCUT2D eigenvalue weighted by Crippen LogP contribution is -2.57. The highest BCUT2D eigenvalue weighted by molar-refractivity contribution is 5.89. The van der Waals surface area contributed by atoms with Crippen molar-refractivity contribution in [2.45, 2.75) is 39.7 Å². The van der Waals surface area contributed by atoms with Crippen LogP contribution in [0, 0.1) is 6.92 Å². The number of hydrogen-bond donors (Lipinski definition) is 4. The second-order valence-corrected chi connectivity index (χ2v) is 10.1. The van der Waals surface area contributed by atoms with E-state index in [9.17, 15) is 4.79 Å². The molecule has 1 aliphatic rings. The van der Waals surface area contributed by atoms with Crippen LogP contribution in [0.5, 0.6) is 0 Å². The Morgan fingerprint density at radius 1 is 1.00 bits per heavy atom. The van der Waals surface area contributed by atoms with Crippen LogP contribution < -0.4 is 16.1 Å². The fourth-order valence-electron chi connectivity index (χ4n) is 4.63. The van der Waals surface area contributed by atoms with Crippen molar-refractivity contribution in [2.24, 2.45) is 0 Å². The number of nitrogens with one attached hydrogen (secondary N) is 4. The van der Waals surface area contributed by atoms with E-state index in [1.165, 1.54) is 0 Å². The molecule has 4 aromatic rings. The van der Waals surface area contributed by atoms with Crippen LogP contribution in [-0.2, 0) is 0 Å². The van der Waals surface area contributed by atoms with E-state index in [1.54, 1.807) is 0 Å². The Labute approximate surface area is 223 Å². The normalized spacial score (nSPS) is 16.0. The van der Waals surface area contributed by atoms with E-state index in [0.717, 1.165) is 70.6 Å². The van der Waals surface area contributed by atoms with Gasteiger partial charge < -0.3 is 15.6 Å². The van der Waals surface area contributed by atoms with E-state index < -0.39 is 0 Å². The molecule has 2 aromatic carbocycles. The number of aromatic nitrogens is 3. The molecule has 8 heteroatoms. The van der Waals surface area contributed by atoms with Crippen LogP contribution in [-0.4, -0.2) is 51.7 Å². The summed E-state index contributed by atoms with van der Waals surface area (Å²) in [6.45, 7) is 10.8. The van der Waals surface area contributed by atoms with Gasteiger partial charge in [-0.1, -0.05) is 50.2 Å². The Morgan fingerprint density at radius 2 is 1.76 bits per heavy atom. The van der Waals surface area contributed by atoms with Crippen molar-refractivity contribution in [3.8, 4) is 33.8 Å². The van der Waals surface area contributed by atoms with Gasteiger partial charge in [0.2, 0.25) is 0 Å². The van der Waals surface area contributed by atoms with Gasteiger partial charge in [0, 0.05) is 48.5 Å². The number of aryl methyl sites for hydroxylation is 1. The zero-order valence-corrected chi connectivity index (χ0v) is 22.4. The number of benzene rings is 2. The smallest absolute Gasteiger partial charge is 0.333 e. The molecule has 1 unspecified atom stereocenters. The van der Waals surface area contributed by atoms with Crippen LogP contribution in [0.25, 0.3) is 33.8 Å². The van der Waals surface area contributed by atoms with E-state index in [-0.39, 0.29) is 18.0 Å². The Kier molecular flexibility index (Phi) is 7.53. The maximum absolute atomic E-state index is 12.5. The van der Waals surface area contributed by atoms with Crippen molar-refractivity contribution >= 4 is 11.7 Å². The third-order valence-electron chi connectivity index (χ3n) is 6.77. The van der Waals surface area contributed by atoms with Crippen molar-refractivity contribution in [1.29, 1.82) is 0 Å². The summed E-state index contributed by atoms with van der Waals surface area (Å²) >= 11 is 0. The second kappa shape index (κ2) is 11.2. The van der Waals surface area contributed by atoms with Gasteiger partial charge in [-0.05, 0) is 55.3 Å². The van der Waals surface area contributed by atoms with Crippen LogP contribution in [0.4, 0.5) is 10.5 Å². The molecular formula is C30H35N7O. The molecule has 0 radical (unpaired) electrons. The number of amides is 2. The number of carbonyl (C=O) groups is 1. The Bertz CT molecular complexity index is 1410. The average molecular weight is 510 g/mol. The van der Waals surface area contributed by atoms with Crippen molar-refractivity contribution in [2.75, 3.05) is 25.0 Å². The third-order valence-corrected chi connectivity index (χ3v) is 6.77. The second-order valence-electron chi connectivity index (χ2n) is 10.1. The maximum Gasteiger partial charge on any atom is 0.333 e. The number of hydrogen-bond acceptors (Lipinski definition) is 5. The molecule has 1 saturated heterocycles. The van der Waals surface area contributed by atoms with Gasteiger partial charge in [0.25, 0.3) is 0 Å². The molecule has 38 heavy (non-hydrogen) atoms. The predicted molar refractivity (Wildman–Crippen MR) is 153 cm³/mol. The zero-order chi connectivity index (χ0) is 26.6. The van der Waals surface area contributed by atoms with Crippen LogP contribution >= 0.6 is 0 Å². The number of hydrazine groups is 1. The van der Waals surface area contributed by atoms with Crippen LogP contribution in [0.3, 0.4) is 0 Å². The predicted octanol–water partition coefficient (Wildman–Crippen LogP) is 5.57. The highest BCUT2D eigenvalue weighted by atomic mass is 16.2. The number of rotatable bonds is 6. The minimum Gasteiger partial charge on any atom is -0.340 e. The highest BCUT2D eigenvalue weighted by Crippen LogP contribution is 2.33. The molecule has 1 atom stereocenters. The molecular weight excluding hydrogens is 474 g/mol. The monoisotopic (exact) mass is 509 g/mol. The lowest BCUT2D eigenvalue weighted by atomic mass is 10.00. The number of anilines is 1. The quantitative estimate of drug-likeness (QED) is 0.273. The van der Waals surface area contributed by atoms with Gasteiger partial charge >= 0.3 is 6.03 Å². The van der Waals surface area contributed by atoms with E-state index >= 15 is 0 Å². The molecule has 1 fully saturated rings. The van der Waals surface area contributed by atoms with Gasteiger partial charge in [-0.2, -0.15) is 0 Å². The van der Waals surface area contributed by atoms with Crippen LogP contribution in [0.1, 0.15) is 38.2 Å². The molecule has 5 rings (SSSR count). The molecule has 0 bridgehead atoms. The summed E-state index contributed by atoms with van der Waals surface area (Å²) in [5, 5.41) is 8.22. The first-order valence-corrected chi connectivity index (χ1v) is 13.2. The number of pyridine rings is 1. The first kappa shape index (κ1) is 25.6. The van der Waals surface area contributed by atoms with E-state index in [2.05, 4.69) is 66.1 Å². The van der Waals surface area contributed by atoms with Crippen molar-refractivity contribution < 1.29 is 4.79 Å². The first-order valence-electron chi connectivity index (χ1n) is 13.2. The van der Waals surface area contributed by atoms with Crippen molar-refractivity contribution in [1.82, 2.24) is 30.7 Å². The summed E-state index contributed by atoms with van der Waals surface area (Å²) in [4.78, 5) is 25.7. The number of piperazine rings is 1. The molecule has 0 saturated carbocycles. The minimum absolute atomic E-state index is 0.231. The van der Waals surface area contributed by atoms with E-state index in [0.29, 0.717) is 0 Å². The zero-order valence-electron chi connectivity index (χ0n) is 22.4. The summed E-state index contributed by atoms with van der Waals surface area (Å²) in [6, 6.07) is 22.3. The molecule has 4 N–H and O–H groups in total. The summed E-state index contributed by atoms with van der Waals surface area (Å²) in [5.41, 5.74) is 10.5. The fourth-order valence-corrected chi connectivity index (χ4v) is 4.63. The Morgan fingerprint density at radius 3 is 2.50 bits per heavy atom. The number of H-pyrrole nitrogens is 1. The Balaban J connectivity index is 1.36. The maximum atomic E-state index is 12.5. The molecule has 3 heterocycles. The van der Waals surface area contributed by atoms with Gasteiger partial charge in [-0.3, -0.25) is 10.4 Å². The van der Waals surface area contributed by atoms with Gasteiger partial charge in [0.15, 0.2) is 0 Å². The lowest BCUT2D eigenvalue weighted by molar-refractivity contribution is 0.122. The minimum atomic E-state index is -0.231. The lowest BCUT2D eigenvalue weighted by Gasteiger charge is -2.33. The fraction of sp³-hybridized carbons (Fsp3) is 0.300. The SMILES string of the molecule is Cc1cccc(-c2[nH]c(C(C)C)nc2-c2cccc(-c3ccc(NC(=O)NN4CCNCC4C)cc3)c2)n1. The molecule has 2 aromatic heterocycles. The topological polar surface area (TPSA) is 98.0 Å². The molecule has 0 spiro atoms. The standard InChI is InChI=1S/C30H35N7O/c1-19(2)29-34-27(28(35-29)26-10-5-7-20(3)32-26)24-9-6-8-23(17-24)22-11-13-25(14-12-22)33-30(38)36-37-16-15-31-18-21(37)4/h5-14,17,19,21,31H,15-16,18H2,1-4H3,(H,34,35)(H2,33,36,38). The molecule has 1 aliphatic heterocycles. The largest absolute Gasteiger partial charge is 0.340 e. The number of imidazole rings is 1. The summed E-state index contributed by atoms with van der Waals surface area (Å²) in [6.07, 6.45) is 0. The summed E-state index contributed by atoms with van der Waals surface area (Å²) < 4.78 is 0. The summed E-state index contributed by atoms with van der Waals surface area (Å²) in [5.74, 6) is 1.20. The van der Waals surface area contributed by atoms with Gasteiger partial charge in [-0.15, -0.1) is 0 Å². The molecule has 2 amide bonds. The van der Waals surface area contributed by atoms with Crippen LogP contribution in [0.2, 0.25) is 0 Å². The van der Waals surface area contributed by atoms with Crippen molar-refractivity contribution in [3.05, 3.63) is 78.2 Å². The molecule has 196 valence electrons. The Hall–Kier alpha value is -4.01. The number of urea groups is 1. The van der Waals surface area contributed by atoms with Crippen molar-refractivity contribution in [3.63, 3.8) is 0 Å². The van der Waals surface area contributed by atoms with Gasteiger partial charge in [-0.25, -0.2) is 14.8 Å². The average Bonchev–Trinajstić information content (AvgIpc) is 3.37. The number of nitrogens with zero attached hydrogens (tertiary/aromatic N) is 3. The van der Waals surface area contributed by atoms with Gasteiger partial charge in [0.05, 0.1) is 17.1 Å². The van der Waals surface area contributed by atoms with E-state index in [4.69, 9.17) is 9.97 Å². The van der Waals surface area contributed by atoms with Gasteiger partial charge in [0.1, 0.15) is 5.82 Å². The highest BCUT2D eigenvalue weighted by Gasteiger charge is 2.20. The first-order chi connectivity index (χ1) is 18.4. The van der Waals surface area contributed by atoms with Crippen LogP contribution in [0.15, 0.2) is 66.7 Å². The molecule has 0 aliphatic carbocycles. The van der Waals surface area contributed by atoms with E-state index in [1.807, 2.05) is 54.4 Å². The number of carbonyl (C=O) groups excluding carboxylic acids is 1. The number of aromatic amines is 1. The summed E-state index contributed by atoms with van der Waals surface area (Å²) in [7, 11) is 0.